The lowest BCUT2D eigenvalue weighted by atomic mass is 10.1. The van der Waals surface area contributed by atoms with Gasteiger partial charge in [-0.25, -0.2) is 0 Å². The van der Waals surface area contributed by atoms with E-state index in [1.807, 2.05) is 18.2 Å². The zero-order valence-electron chi connectivity index (χ0n) is 10.9. The first-order valence-electron chi connectivity index (χ1n) is 6.29. The molecule has 100 valence electrons. The molecule has 0 aliphatic carbocycles. The van der Waals surface area contributed by atoms with E-state index in [-0.39, 0.29) is 11.7 Å². The van der Waals surface area contributed by atoms with Crippen molar-refractivity contribution in [2.45, 2.75) is 44.9 Å². The highest BCUT2D eigenvalue weighted by atomic mass is 79.9. The van der Waals surface area contributed by atoms with Crippen molar-refractivity contribution in [3.8, 4) is 5.75 Å². The molecule has 1 aromatic carbocycles. The Hall–Kier alpha value is -0.580. The first-order valence-corrected chi connectivity index (χ1v) is 7.08. The van der Waals surface area contributed by atoms with Crippen LogP contribution >= 0.6 is 15.9 Å². The lowest BCUT2D eigenvalue weighted by molar-refractivity contribution is -0.0327. The molecule has 2 rings (SSSR count). The van der Waals surface area contributed by atoms with Crippen molar-refractivity contribution in [2.75, 3.05) is 6.61 Å². The fraction of sp³-hybridized carbons (Fsp3) is 0.571. The van der Waals surface area contributed by atoms with Gasteiger partial charge in [0.2, 0.25) is 0 Å². The number of halogens is 1. The van der Waals surface area contributed by atoms with E-state index in [1.165, 1.54) is 0 Å². The van der Waals surface area contributed by atoms with Crippen LogP contribution in [0.5, 0.6) is 5.75 Å². The van der Waals surface area contributed by atoms with Crippen molar-refractivity contribution in [3.05, 3.63) is 28.2 Å². The van der Waals surface area contributed by atoms with Gasteiger partial charge in [0, 0.05) is 16.6 Å². The van der Waals surface area contributed by atoms with Crippen LogP contribution in [0.2, 0.25) is 0 Å². The zero-order valence-corrected chi connectivity index (χ0v) is 12.5. The van der Waals surface area contributed by atoms with Crippen LogP contribution in [0.3, 0.4) is 0 Å². The van der Waals surface area contributed by atoms with Crippen molar-refractivity contribution in [3.63, 3.8) is 0 Å². The van der Waals surface area contributed by atoms with E-state index >= 15 is 0 Å². The average molecular weight is 314 g/mol. The Morgan fingerprint density at radius 1 is 1.50 bits per heavy atom. The Morgan fingerprint density at radius 2 is 2.28 bits per heavy atom. The van der Waals surface area contributed by atoms with Crippen LogP contribution in [0.25, 0.3) is 0 Å². The Labute approximate surface area is 117 Å². The third-order valence-corrected chi connectivity index (χ3v) is 3.71. The number of benzene rings is 1. The van der Waals surface area contributed by atoms with Gasteiger partial charge in [0.15, 0.2) is 0 Å². The molecule has 1 aromatic rings. The van der Waals surface area contributed by atoms with Crippen LogP contribution in [0, 0.1) is 0 Å². The second kappa shape index (κ2) is 5.59. The second-order valence-electron chi connectivity index (χ2n) is 5.31. The molecular weight excluding hydrogens is 294 g/mol. The van der Waals surface area contributed by atoms with Crippen LogP contribution in [-0.2, 0) is 11.3 Å². The molecule has 1 aliphatic rings. The molecule has 1 saturated heterocycles. The van der Waals surface area contributed by atoms with Crippen molar-refractivity contribution in [2.24, 2.45) is 5.73 Å². The minimum atomic E-state index is -0.00948. The maximum Gasteiger partial charge on any atom is 0.123 e. The standard InChI is InChI=1S/C14H20BrNO2/c1-14(2)6-5-12(18-14)9-17-13-4-3-11(15)7-10(13)8-16/h3-4,7,12H,5-6,8-9,16H2,1-2H3. The zero-order chi connectivity index (χ0) is 13.2. The molecule has 1 fully saturated rings. The summed E-state index contributed by atoms with van der Waals surface area (Å²) in [5.41, 5.74) is 6.72. The van der Waals surface area contributed by atoms with Gasteiger partial charge in [-0.05, 0) is 44.9 Å². The Bertz CT molecular complexity index is 420. The fourth-order valence-electron chi connectivity index (χ4n) is 2.23. The third-order valence-electron chi connectivity index (χ3n) is 3.22. The predicted molar refractivity (Wildman–Crippen MR) is 75.7 cm³/mol. The molecule has 0 radical (unpaired) electrons. The fourth-order valence-corrected chi connectivity index (χ4v) is 2.63. The van der Waals surface area contributed by atoms with Gasteiger partial charge in [-0.3, -0.25) is 0 Å². The van der Waals surface area contributed by atoms with Crippen LogP contribution in [0.15, 0.2) is 22.7 Å². The molecule has 18 heavy (non-hydrogen) atoms. The molecule has 0 amide bonds. The van der Waals surface area contributed by atoms with Gasteiger partial charge in [-0.2, -0.15) is 0 Å². The Morgan fingerprint density at radius 3 is 2.89 bits per heavy atom. The van der Waals surface area contributed by atoms with Crippen molar-refractivity contribution < 1.29 is 9.47 Å². The van der Waals surface area contributed by atoms with E-state index in [2.05, 4.69) is 29.8 Å². The normalized spacial score (nSPS) is 22.1. The van der Waals surface area contributed by atoms with Crippen LogP contribution in [-0.4, -0.2) is 18.3 Å². The van der Waals surface area contributed by atoms with Crippen molar-refractivity contribution in [1.29, 1.82) is 0 Å². The summed E-state index contributed by atoms with van der Waals surface area (Å²) in [6.45, 7) is 5.32. The van der Waals surface area contributed by atoms with Gasteiger partial charge in [0.1, 0.15) is 12.4 Å². The summed E-state index contributed by atoms with van der Waals surface area (Å²) in [4.78, 5) is 0. The predicted octanol–water partition coefficient (Wildman–Crippen LogP) is 3.24. The lowest BCUT2D eigenvalue weighted by Gasteiger charge is -2.20. The molecule has 1 heterocycles. The highest BCUT2D eigenvalue weighted by Crippen LogP contribution is 2.30. The van der Waals surface area contributed by atoms with Crippen LogP contribution < -0.4 is 10.5 Å². The molecule has 1 unspecified atom stereocenters. The largest absolute Gasteiger partial charge is 0.491 e. The number of hydrogen-bond donors (Lipinski definition) is 1. The topological polar surface area (TPSA) is 44.5 Å². The lowest BCUT2D eigenvalue weighted by Crippen LogP contribution is -2.24. The number of hydrogen-bond acceptors (Lipinski definition) is 3. The number of nitrogens with two attached hydrogens (primary N) is 1. The maximum atomic E-state index is 5.90. The average Bonchev–Trinajstić information content (AvgIpc) is 2.67. The van der Waals surface area contributed by atoms with E-state index in [0.29, 0.717) is 13.2 Å². The summed E-state index contributed by atoms with van der Waals surface area (Å²) in [7, 11) is 0. The molecule has 1 atom stereocenters. The minimum absolute atomic E-state index is 0.00948. The third kappa shape index (κ3) is 3.46. The SMILES string of the molecule is CC1(C)CCC(COc2ccc(Br)cc2CN)O1. The summed E-state index contributed by atoms with van der Waals surface area (Å²) >= 11 is 3.43. The molecule has 0 bridgehead atoms. The van der Waals surface area contributed by atoms with Gasteiger partial charge < -0.3 is 15.2 Å². The van der Waals surface area contributed by atoms with E-state index in [9.17, 15) is 0 Å². The van der Waals surface area contributed by atoms with E-state index in [4.69, 9.17) is 15.2 Å². The summed E-state index contributed by atoms with van der Waals surface area (Å²) in [5.74, 6) is 0.856. The highest BCUT2D eigenvalue weighted by Gasteiger charge is 2.31. The molecule has 2 N–H and O–H groups in total. The molecule has 1 aliphatic heterocycles. The molecule has 3 nitrogen and oxygen atoms in total. The Kier molecular flexibility index (Phi) is 4.30. The molecule has 0 aromatic heterocycles. The summed E-state index contributed by atoms with van der Waals surface area (Å²) in [6, 6.07) is 5.91. The van der Waals surface area contributed by atoms with E-state index in [0.717, 1.165) is 28.6 Å². The van der Waals surface area contributed by atoms with Crippen molar-refractivity contribution >= 4 is 15.9 Å². The van der Waals surface area contributed by atoms with Gasteiger partial charge in [0.05, 0.1) is 11.7 Å². The molecule has 0 spiro atoms. The quantitative estimate of drug-likeness (QED) is 0.928. The number of ether oxygens (including phenoxy) is 2. The summed E-state index contributed by atoms with van der Waals surface area (Å²) in [6.07, 6.45) is 2.33. The van der Waals surface area contributed by atoms with Gasteiger partial charge >= 0.3 is 0 Å². The first-order chi connectivity index (χ1) is 8.50. The molecular formula is C14H20BrNO2. The van der Waals surface area contributed by atoms with Crippen molar-refractivity contribution in [1.82, 2.24) is 0 Å². The maximum absolute atomic E-state index is 5.90. The Balaban J connectivity index is 1.94. The minimum Gasteiger partial charge on any atom is -0.491 e. The first kappa shape index (κ1) is 13.8. The van der Waals surface area contributed by atoms with Crippen LogP contribution in [0.1, 0.15) is 32.3 Å². The number of rotatable bonds is 4. The van der Waals surface area contributed by atoms with Gasteiger partial charge in [0.25, 0.3) is 0 Å². The smallest absolute Gasteiger partial charge is 0.123 e. The van der Waals surface area contributed by atoms with Crippen LogP contribution in [0.4, 0.5) is 0 Å². The van der Waals surface area contributed by atoms with Gasteiger partial charge in [-0.1, -0.05) is 15.9 Å². The molecule has 0 saturated carbocycles. The monoisotopic (exact) mass is 313 g/mol. The van der Waals surface area contributed by atoms with E-state index in [1.54, 1.807) is 0 Å². The second-order valence-corrected chi connectivity index (χ2v) is 6.22. The summed E-state index contributed by atoms with van der Waals surface area (Å²) in [5, 5.41) is 0. The molecule has 4 heteroatoms. The summed E-state index contributed by atoms with van der Waals surface area (Å²) < 4.78 is 12.8. The van der Waals surface area contributed by atoms with E-state index < -0.39 is 0 Å². The highest BCUT2D eigenvalue weighted by molar-refractivity contribution is 9.10. The van der Waals surface area contributed by atoms with Gasteiger partial charge in [-0.15, -0.1) is 0 Å².